The summed E-state index contributed by atoms with van der Waals surface area (Å²) in [5.74, 6) is 8.50. The van der Waals surface area contributed by atoms with Crippen LogP contribution in [0.3, 0.4) is 0 Å². The van der Waals surface area contributed by atoms with Crippen molar-refractivity contribution in [2.24, 2.45) is 35.5 Å². The highest BCUT2D eigenvalue weighted by Crippen LogP contribution is 2.46. The number of rotatable bonds is 10. The molecular weight excluding hydrogens is 899 g/mol. The van der Waals surface area contributed by atoms with E-state index in [9.17, 15) is 40.2 Å². The number of aromatic hydroxyl groups is 1. The van der Waals surface area contributed by atoms with Gasteiger partial charge < -0.3 is 9.84 Å². The first-order chi connectivity index (χ1) is 28.5. The predicted molar refractivity (Wildman–Crippen MR) is 241 cm³/mol. The number of phenols is 1. The Hall–Kier alpha value is -2.31. The molecule has 0 spiro atoms. The van der Waals surface area contributed by atoms with Crippen LogP contribution in [0.4, 0.5) is 35.1 Å². The normalized spacial score (nSPS) is 25.9. The van der Waals surface area contributed by atoms with E-state index in [4.69, 9.17) is 4.74 Å². The maximum Gasteiger partial charge on any atom is 0.298 e. The second-order valence-electron chi connectivity index (χ2n) is 16.7. The molecule has 0 saturated heterocycles. The van der Waals surface area contributed by atoms with Crippen LogP contribution in [0.25, 0.3) is 0 Å². The molecule has 6 rings (SSSR count). The van der Waals surface area contributed by atoms with Crippen LogP contribution >= 0.6 is 22.6 Å². The van der Waals surface area contributed by atoms with E-state index in [0.717, 1.165) is 41.4 Å². The smallest absolute Gasteiger partial charge is 0.298 e. The fourth-order valence-electron chi connectivity index (χ4n) is 10.2. The minimum absolute atomic E-state index is 0. The van der Waals surface area contributed by atoms with Crippen molar-refractivity contribution in [2.75, 3.05) is 11.5 Å². The van der Waals surface area contributed by atoms with Gasteiger partial charge in [0.1, 0.15) is 16.2 Å². The van der Waals surface area contributed by atoms with E-state index in [1.807, 2.05) is 24.3 Å². The molecule has 0 aliphatic heterocycles. The zero-order valence-corrected chi connectivity index (χ0v) is 37.4. The highest BCUT2D eigenvalue weighted by atomic mass is 127. The van der Waals surface area contributed by atoms with Gasteiger partial charge in [0, 0.05) is 0 Å². The van der Waals surface area contributed by atoms with E-state index in [1.165, 1.54) is 140 Å². The van der Waals surface area contributed by atoms with Gasteiger partial charge in [-0.15, -0.1) is 0 Å². The predicted octanol–water partition coefficient (Wildman–Crippen LogP) is 18.5. The summed E-state index contributed by atoms with van der Waals surface area (Å²) in [6.45, 7) is 3.91. The topological polar surface area (TPSA) is 29.5 Å². The van der Waals surface area contributed by atoms with E-state index in [0.29, 0.717) is 17.4 Å². The van der Waals surface area contributed by atoms with Crippen LogP contribution < -0.4 is 4.74 Å². The van der Waals surface area contributed by atoms with Crippen molar-refractivity contribution in [3.8, 4) is 11.5 Å². The first kappa shape index (κ1) is 55.7. The van der Waals surface area contributed by atoms with Gasteiger partial charge in [-0.2, -0.15) is 17.6 Å². The Morgan fingerprint density at radius 2 is 0.850 bits per heavy atom. The molecule has 4 fully saturated rings. The van der Waals surface area contributed by atoms with Gasteiger partial charge in [0.05, 0.1) is 0 Å². The van der Waals surface area contributed by atoms with Crippen LogP contribution in [0.2, 0.25) is 0 Å². The second kappa shape index (κ2) is 33.3. The van der Waals surface area contributed by atoms with Gasteiger partial charge in [-0.1, -0.05) is 96.9 Å². The molecular formula is C49H73F8IO2. The number of hydrogen-bond donors (Lipinski definition) is 1. The average Bonchev–Trinajstić information content (AvgIpc) is 3.26. The Morgan fingerprint density at radius 3 is 1.12 bits per heavy atom. The monoisotopic (exact) mass is 972 g/mol. The van der Waals surface area contributed by atoms with E-state index >= 15 is 0 Å². The van der Waals surface area contributed by atoms with E-state index in [2.05, 4.69) is 38.1 Å². The maximum absolute atomic E-state index is 12.2. The molecule has 0 atom stereocenters. The lowest BCUT2D eigenvalue weighted by Gasteiger charge is -2.38. The summed E-state index contributed by atoms with van der Waals surface area (Å²) in [6, 6.07) is 16.0. The van der Waals surface area contributed by atoms with Gasteiger partial charge in [-0.05, 0) is 182 Å². The van der Waals surface area contributed by atoms with Gasteiger partial charge in [0.2, 0.25) is 6.86 Å². The molecule has 0 bridgehead atoms. The molecule has 4 aliphatic rings. The molecule has 4 saturated carbocycles. The molecule has 0 heterocycles. The molecule has 4 aliphatic carbocycles. The Balaban J connectivity index is 0.000000460. The average molecular weight is 973 g/mol. The van der Waals surface area contributed by atoms with Gasteiger partial charge in [0.25, 0.3) is 12.2 Å². The third-order valence-electron chi connectivity index (χ3n) is 13.2. The Morgan fingerprint density at radius 1 is 0.567 bits per heavy atom. The van der Waals surface area contributed by atoms with Crippen LogP contribution in [0.1, 0.15) is 173 Å². The van der Waals surface area contributed by atoms with Gasteiger partial charge in [0.15, 0.2) is 12.7 Å². The van der Waals surface area contributed by atoms with Crippen LogP contribution in [0.5, 0.6) is 11.5 Å². The lowest BCUT2D eigenvalue weighted by atomic mass is 9.68. The Bertz CT molecular complexity index is 1350. The number of phenolic OH excluding ortho intramolecular Hbond substituents is 1. The summed E-state index contributed by atoms with van der Waals surface area (Å²) in [5.41, 5.74) is 2.84. The van der Waals surface area contributed by atoms with Crippen molar-refractivity contribution in [1.29, 1.82) is 0 Å². The number of alkyl halides is 3. The lowest BCUT2D eigenvalue weighted by Crippen LogP contribution is -2.25. The van der Waals surface area contributed by atoms with Crippen molar-refractivity contribution in [2.45, 2.75) is 162 Å². The minimum Gasteiger partial charge on any atom is -0.508 e. The molecule has 0 aromatic heterocycles. The second-order valence-corrected chi connectivity index (χ2v) is 17.3. The molecule has 0 amide bonds. The van der Waals surface area contributed by atoms with Gasteiger partial charge in [-0.3, -0.25) is 0 Å². The summed E-state index contributed by atoms with van der Waals surface area (Å²) < 4.78 is 88.5. The van der Waals surface area contributed by atoms with Crippen LogP contribution in [0.15, 0.2) is 73.4 Å². The minimum atomic E-state index is -2.29. The highest BCUT2D eigenvalue weighted by molar-refractivity contribution is 14.1. The van der Waals surface area contributed by atoms with Crippen molar-refractivity contribution >= 4 is 22.6 Å². The first-order valence-electron chi connectivity index (χ1n) is 21.9. The zero-order chi connectivity index (χ0) is 43.4. The number of ether oxygens (including phenoxy) is 1. The van der Waals surface area contributed by atoms with Crippen LogP contribution in [-0.2, 0) is 0 Å². The van der Waals surface area contributed by atoms with Gasteiger partial charge >= 0.3 is 0 Å². The Labute approximate surface area is 370 Å². The SMILES string of the molecule is C.CCCC1CCC(C2CCC(c3ccc(O)cc3)CC2)CC1.CCCC1CCC(C2CCC(c3ccc(OCF)cc3)CC2)CC1.FC=C(F)F.FC=C(F)F.FCI. The summed E-state index contributed by atoms with van der Waals surface area (Å²) in [5, 5.41) is 9.43. The van der Waals surface area contributed by atoms with E-state index in [1.54, 1.807) is 22.6 Å². The first-order valence-corrected chi connectivity index (χ1v) is 23.5. The van der Waals surface area contributed by atoms with Crippen molar-refractivity contribution in [3.63, 3.8) is 0 Å². The largest absolute Gasteiger partial charge is 0.508 e. The van der Waals surface area contributed by atoms with Crippen LogP contribution in [0, 0.1) is 35.5 Å². The summed E-state index contributed by atoms with van der Waals surface area (Å²) >= 11 is 1.62. The fourth-order valence-corrected chi connectivity index (χ4v) is 10.2. The molecule has 2 aromatic rings. The summed E-state index contributed by atoms with van der Waals surface area (Å²) in [7, 11) is 0. The van der Waals surface area contributed by atoms with E-state index < -0.39 is 31.7 Å². The molecule has 0 unspecified atom stereocenters. The fraction of sp³-hybridized carbons (Fsp3) is 0.673. The third kappa shape index (κ3) is 22.2. The van der Waals surface area contributed by atoms with Crippen molar-refractivity contribution < 1.29 is 45.0 Å². The number of benzene rings is 2. The highest BCUT2D eigenvalue weighted by Gasteiger charge is 2.32. The quantitative estimate of drug-likeness (QED) is 0.146. The standard InChI is InChI=1S/C22H33FO.C21H32O.2C2HF3.CH2FI.CH4/c1-2-3-17-4-6-18(7-5-17)19-8-10-20(11-9-19)21-12-14-22(15-13-21)24-16-23;1-2-3-16-4-6-17(7-5-16)18-8-10-19(11-9-18)20-12-14-21(22)15-13-20;2*3-1-2(4)5;2-1-3;/h12-15,17-20H,2-11,16H2,1H3;12-19,22H,2-11H2,1H3;2*1H;1H2;1H4. The molecule has 0 radical (unpaired) electrons. The Kier molecular flexibility index (Phi) is 30.9. The van der Waals surface area contributed by atoms with Crippen molar-refractivity contribution in [1.82, 2.24) is 0 Å². The zero-order valence-electron chi connectivity index (χ0n) is 35.2. The molecule has 60 heavy (non-hydrogen) atoms. The number of halogens is 9. The summed E-state index contributed by atoms with van der Waals surface area (Å²) in [6.07, 6.45) is 22.5. The molecule has 344 valence electrons. The third-order valence-corrected chi connectivity index (χ3v) is 13.2. The van der Waals surface area contributed by atoms with Gasteiger partial charge in [-0.25, -0.2) is 17.6 Å². The number of hydrogen-bond acceptors (Lipinski definition) is 2. The maximum atomic E-state index is 12.2. The van der Waals surface area contributed by atoms with E-state index in [-0.39, 0.29) is 12.1 Å². The molecule has 11 heteroatoms. The summed E-state index contributed by atoms with van der Waals surface area (Å²) in [4.78, 5) is 0. The molecule has 1 N–H and O–H groups in total. The van der Waals surface area contributed by atoms with Crippen LogP contribution in [-0.4, -0.2) is 16.6 Å². The van der Waals surface area contributed by atoms with Crippen molar-refractivity contribution in [3.05, 3.63) is 84.5 Å². The molecule has 2 aromatic carbocycles. The lowest BCUT2D eigenvalue weighted by molar-refractivity contribution is 0.156. The molecule has 2 nitrogen and oxygen atoms in total.